The smallest absolute Gasteiger partial charge is 0.252 e. The van der Waals surface area contributed by atoms with Crippen LogP contribution in [0.1, 0.15) is 28.9 Å². The molecule has 104 valence electrons. The van der Waals surface area contributed by atoms with E-state index in [1.807, 2.05) is 53.8 Å². The van der Waals surface area contributed by atoms with Crippen LogP contribution in [0.3, 0.4) is 0 Å². The molecule has 0 saturated carbocycles. The number of hydrogen-bond donors (Lipinski definition) is 1. The summed E-state index contributed by atoms with van der Waals surface area (Å²) in [6.07, 6.45) is 0. The molecule has 20 heavy (non-hydrogen) atoms. The SMILES string of the molecule is C[C@@H](NC(=O)c1ccc(F)cc1I)c1ccc(Br)cc1. The lowest BCUT2D eigenvalue weighted by Gasteiger charge is -2.15. The molecule has 0 aromatic heterocycles. The second kappa shape index (κ2) is 6.67. The Hall–Kier alpha value is -0.950. The third-order valence-corrected chi connectivity index (χ3v) is 4.31. The van der Waals surface area contributed by atoms with Crippen molar-refractivity contribution in [1.29, 1.82) is 0 Å². The monoisotopic (exact) mass is 447 g/mol. The fourth-order valence-corrected chi connectivity index (χ4v) is 2.77. The van der Waals surface area contributed by atoms with Crippen LogP contribution in [0.2, 0.25) is 0 Å². The van der Waals surface area contributed by atoms with Crippen molar-refractivity contribution in [2.75, 3.05) is 0 Å². The highest BCUT2D eigenvalue weighted by atomic mass is 127. The Balaban J connectivity index is 2.13. The standard InChI is InChI=1S/C15H12BrFINO/c1-9(10-2-4-11(16)5-3-10)19-15(20)13-7-6-12(17)8-14(13)18/h2-9H,1H3,(H,19,20)/t9-/m1/s1. The number of halogens is 3. The van der Waals surface area contributed by atoms with Gasteiger partial charge in [0.05, 0.1) is 11.6 Å². The predicted molar refractivity (Wildman–Crippen MR) is 89.1 cm³/mol. The predicted octanol–water partition coefficient (Wildman–Crippen LogP) is 4.68. The summed E-state index contributed by atoms with van der Waals surface area (Å²) in [5.41, 5.74) is 1.50. The van der Waals surface area contributed by atoms with Gasteiger partial charge >= 0.3 is 0 Å². The lowest BCUT2D eigenvalue weighted by Crippen LogP contribution is -2.27. The molecule has 0 aliphatic heterocycles. The van der Waals surface area contributed by atoms with Gasteiger partial charge in [0.25, 0.3) is 5.91 Å². The highest BCUT2D eigenvalue weighted by Gasteiger charge is 2.14. The van der Waals surface area contributed by atoms with E-state index in [-0.39, 0.29) is 17.8 Å². The summed E-state index contributed by atoms with van der Waals surface area (Å²) >= 11 is 5.33. The van der Waals surface area contributed by atoms with Gasteiger partial charge in [-0.15, -0.1) is 0 Å². The van der Waals surface area contributed by atoms with Gasteiger partial charge in [0, 0.05) is 8.04 Å². The molecule has 2 aromatic carbocycles. The summed E-state index contributed by atoms with van der Waals surface area (Å²) in [6, 6.07) is 11.8. The third kappa shape index (κ3) is 3.79. The van der Waals surface area contributed by atoms with E-state index in [1.54, 1.807) is 0 Å². The molecule has 2 rings (SSSR count). The zero-order chi connectivity index (χ0) is 14.7. The van der Waals surface area contributed by atoms with Gasteiger partial charge in [-0.3, -0.25) is 4.79 Å². The number of rotatable bonds is 3. The van der Waals surface area contributed by atoms with E-state index in [9.17, 15) is 9.18 Å². The Kier molecular flexibility index (Phi) is 5.15. The largest absolute Gasteiger partial charge is 0.345 e. The van der Waals surface area contributed by atoms with Gasteiger partial charge in [0.15, 0.2) is 0 Å². The van der Waals surface area contributed by atoms with Gasteiger partial charge in [0.1, 0.15) is 5.82 Å². The summed E-state index contributed by atoms with van der Waals surface area (Å²) in [6.45, 7) is 1.91. The lowest BCUT2D eigenvalue weighted by atomic mass is 10.1. The highest BCUT2D eigenvalue weighted by Crippen LogP contribution is 2.18. The number of benzene rings is 2. The molecule has 0 bridgehead atoms. The maximum Gasteiger partial charge on any atom is 0.252 e. The van der Waals surface area contributed by atoms with E-state index in [2.05, 4.69) is 21.2 Å². The molecule has 0 radical (unpaired) electrons. The Morgan fingerprint density at radius 1 is 1.25 bits per heavy atom. The number of carbonyl (C=O) groups excluding carboxylic acids is 1. The second-order valence-corrected chi connectivity index (χ2v) is 6.45. The van der Waals surface area contributed by atoms with Crippen LogP contribution in [0.15, 0.2) is 46.9 Å². The van der Waals surface area contributed by atoms with Crippen LogP contribution >= 0.6 is 38.5 Å². The van der Waals surface area contributed by atoms with Crippen LogP contribution in [-0.4, -0.2) is 5.91 Å². The average molecular weight is 448 g/mol. The Labute approximate surface area is 139 Å². The topological polar surface area (TPSA) is 29.1 Å². The number of hydrogen-bond acceptors (Lipinski definition) is 1. The van der Waals surface area contributed by atoms with Crippen LogP contribution in [0, 0.1) is 9.39 Å². The first-order valence-electron chi connectivity index (χ1n) is 5.99. The van der Waals surface area contributed by atoms with Gasteiger partial charge in [-0.1, -0.05) is 28.1 Å². The van der Waals surface area contributed by atoms with E-state index in [4.69, 9.17) is 0 Å². The van der Waals surface area contributed by atoms with Crippen LogP contribution < -0.4 is 5.32 Å². The molecule has 1 N–H and O–H groups in total. The van der Waals surface area contributed by atoms with E-state index in [0.29, 0.717) is 9.13 Å². The molecule has 1 amide bonds. The van der Waals surface area contributed by atoms with Crippen molar-refractivity contribution >= 4 is 44.4 Å². The molecule has 2 nitrogen and oxygen atoms in total. The molecular formula is C15H12BrFINO. The lowest BCUT2D eigenvalue weighted by molar-refractivity contribution is 0.0939. The van der Waals surface area contributed by atoms with Gasteiger partial charge < -0.3 is 5.32 Å². The Bertz CT molecular complexity index is 630. The van der Waals surface area contributed by atoms with Gasteiger partial charge in [-0.25, -0.2) is 4.39 Å². The maximum atomic E-state index is 13.0. The van der Waals surface area contributed by atoms with Crippen molar-refractivity contribution in [2.24, 2.45) is 0 Å². The highest BCUT2D eigenvalue weighted by molar-refractivity contribution is 14.1. The Morgan fingerprint density at radius 3 is 2.50 bits per heavy atom. The molecule has 0 spiro atoms. The fraction of sp³-hybridized carbons (Fsp3) is 0.133. The average Bonchev–Trinajstić information content (AvgIpc) is 2.39. The summed E-state index contributed by atoms with van der Waals surface area (Å²) in [7, 11) is 0. The number of amides is 1. The number of nitrogens with one attached hydrogen (secondary N) is 1. The molecule has 0 aliphatic rings. The first-order chi connectivity index (χ1) is 9.47. The van der Waals surface area contributed by atoms with Crippen molar-refractivity contribution in [3.8, 4) is 0 Å². The normalized spacial score (nSPS) is 12.0. The van der Waals surface area contributed by atoms with E-state index in [1.165, 1.54) is 18.2 Å². The Morgan fingerprint density at radius 2 is 1.90 bits per heavy atom. The van der Waals surface area contributed by atoms with Crippen molar-refractivity contribution < 1.29 is 9.18 Å². The zero-order valence-corrected chi connectivity index (χ0v) is 14.4. The maximum absolute atomic E-state index is 13.0. The van der Waals surface area contributed by atoms with Crippen LogP contribution in [0.5, 0.6) is 0 Å². The molecule has 0 heterocycles. The van der Waals surface area contributed by atoms with Crippen molar-refractivity contribution in [3.63, 3.8) is 0 Å². The molecule has 0 aliphatic carbocycles. The summed E-state index contributed by atoms with van der Waals surface area (Å²) < 4.78 is 14.6. The van der Waals surface area contributed by atoms with Crippen LogP contribution in [0.25, 0.3) is 0 Å². The van der Waals surface area contributed by atoms with Crippen LogP contribution in [-0.2, 0) is 0 Å². The van der Waals surface area contributed by atoms with E-state index < -0.39 is 0 Å². The minimum Gasteiger partial charge on any atom is -0.345 e. The van der Waals surface area contributed by atoms with Gasteiger partial charge in [-0.05, 0) is 65.4 Å². The first-order valence-corrected chi connectivity index (χ1v) is 7.86. The van der Waals surface area contributed by atoms with Crippen LogP contribution in [0.4, 0.5) is 4.39 Å². The quantitative estimate of drug-likeness (QED) is 0.680. The molecular weight excluding hydrogens is 436 g/mol. The fourth-order valence-electron chi connectivity index (χ4n) is 1.78. The molecule has 1 atom stereocenters. The summed E-state index contributed by atoms with van der Waals surface area (Å²) in [5, 5.41) is 2.91. The summed E-state index contributed by atoms with van der Waals surface area (Å²) in [5.74, 6) is -0.545. The second-order valence-electron chi connectivity index (χ2n) is 4.37. The molecule has 2 aromatic rings. The minimum absolute atomic E-state index is 0.114. The van der Waals surface area contributed by atoms with Gasteiger partial charge in [-0.2, -0.15) is 0 Å². The summed E-state index contributed by atoms with van der Waals surface area (Å²) in [4.78, 5) is 12.2. The van der Waals surface area contributed by atoms with E-state index in [0.717, 1.165) is 10.0 Å². The van der Waals surface area contributed by atoms with Gasteiger partial charge in [0.2, 0.25) is 0 Å². The third-order valence-electron chi connectivity index (χ3n) is 2.89. The molecule has 0 fully saturated rings. The number of carbonyl (C=O) groups is 1. The molecule has 0 saturated heterocycles. The van der Waals surface area contributed by atoms with E-state index >= 15 is 0 Å². The van der Waals surface area contributed by atoms with Crippen molar-refractivity contribution in [1.82, 2.24) is 5.32 Å². The molecule has 0 unspecified atom stereocenters. The first kappa shape index (κ1) is 15.4. The zero-order valence-electron chi connectivity index (χ0n) is 10.7. The van der Waals surface area contributed by atoms with Crippen molar-refractivity contribution in [2.45, 2.75) is 13.0 Å². The van der Waals surface area contributed by atoms with Crippen molar-refractivity contribution in [3.05, 3.63) is 67.5 Å². The minimum atomic E-state index is -0.341. The molecule has 5 heteroatoms.